The van der Waals surface area contributed by atoms with Gasteiger partial charge in [-0.2, -0.15) is 0 Å². The highest BCUT2D eigenvalue weighted by Crippen LogP contribution is 2.16. The van der Waals surface area contributed by atoms with Gasteiger partial charge in [-0.3, -0.25) is 4.79 Å². The smallest absolute Gasteiger partial charge is 0.222 e. The van der Waals surface area contributed by atoms with E-state index in [-0.39, 0.29) is 12.5 Å². The Kier molecular flexibility index (Phi) is 6.54. The van der Waals surface area contributed by atoms with Crippen molar-refractivity contribution in [2.24, 2.45) is 0 Å². The Morgan fingerprint density at radius 3 is 2.94 bits per heavy atom. The van der Waals surface area contributed by atoms with Crippen LogP contribution < -0.4 is 4.74 Å². The predicted octanol–water partition coefficient (Wildman–Crippen LogP) is 1.95. The van der Waals surface area contributed by atoms with Gasteiger partial charge in [0, 0.05) is 25.1 Å². The second kappa shape index (κ2) is 7.95. The number of halogens is 1. The van der Waals surface area contributed by atoms with Gasteiger partial charge in [0.2, 0.25) is 5.91 Å². The molecule has 0 bridgehead atoms. The van der Waals surface area contributed by atoms with Crippen molar-refractivity contribution in [2.75, 3.05) is 26.8 Å². The van der Waals surface area contributed by atoms with Crippen molar-refractivity contribution >= 4 is 17.5 Å². The lowest BCUT2D eigenvalue weighted by molar-refractivity contribution is -0.130. The van der Waals surface area contributed by atoms with Crippen molar-refractivity contribution < 1.29 is 14.6 Å². The second-order valence-electron chi connectivity index (χ2n) is 3.95. The number of aliphatic hydroxyl groups is 1. The highest BCUT2D eigenvalue weighted by Gasteiger charge is 2.07. The van der Waals surface area contributed by atoms with E-state index in [1.54, 1.807) is 24.1 Å². The largest absolute Gasteiger partial charge is 0.492 e. The van der Waals surface area contributed by atoms with Gasteiger partial charge in [0.25, 0.3) is 0 Å². The predicted molar refractivity (Wildman–Crippen MR) is 70.9 cm³/mol. The summed E-state index contributed by atoms with van der Waals surface area (Å²) in [5.74, 6) is 0.706. The maximum atomic E-state index is 11.5. The minimum atomic E-state index is 0.0127. The molecule has 0 saturated carbocycles. The molecule has 0 atom stereocenters. The lowest BCUT2D eigenvalue weighted by Gasteiger charge is -2.17. The van der Waals surface area contributed by atoms with Crippen molar-refractivity contribution in [3.8, 4) is 5.75 Å². The summed E-state index contributed by atoms with van der Waals surface area (Å²) in [6, 6.07) is 7.14. The zero-order valence-corrected chi connectivity index (χ0v) is 11.2. The molecule has 5 heteroatoms. The molecule has 0 aliphatic carbocycles. The topological polar surface area (TPSA) is 49.8 Å². The Hall–Kier alpha value is -1.26. The number of likely N-dealkylation sites (N-methyl/N-ethyl adjacent to an activating group) is 1. The van der Waals surface area contributed by atoms with E-state index < -0.39 is 0 Å². The molecule has 0 spiro atoms. The molecule has 1 rings (SSSR count). The standard InChI is InChI=1S/C13H18ClNO3/c1-15(13(17)6-3-8-16)7-9-18-12-5-2-4-11(14)10-12/h2,4-5,10,16H,3,6-9H2,1H3. The van der Waals surface area contributed by atoms with Gasteiger partial charge in [-0.1, -0.05) is 17.7 Å². The lowest BCUT2D eigenvalue weighted by Crippen LogP contribution is -2.30. The Balaban J connectivity index is 2.26. The molecule has 0 saturated heterocycles. The number of carbonyl (C=O) groups is 1. The molecule has 0 radical (unpaired) electrons. The number of rotatable bonds is 7. The molecule has 0 aliphatic rings. The average Bonchev–Trinajstić information content (AvgIpc) is 2.35. The van der Waals surface area contributed by atoms with E-state index in [1.165, 1.54) is 0 Å². The molecular formula is C13H18ClNO3. The lowest BCUT2D eigenvalue weighted by atomic mass is 10.3. The van der Waals surface area contributed by atoms with Crippen LogP contribution in [0.5, 0.6) is 5.75 Å². The van der Waals surface area contributed by atoms with Gasteiger partial charge in [0.05, 0.1) is 6.54 Å². The van der Waals surface area contributed by atoms with Crippen molar-refractivity contribution in [1.82, 2.24) is 4.90 Å². The fourth-order valence-corrected chi connectivity index (χ4v) is 1.58. The third-order valence-corrected chi connectivity index (χ3v) is 2.70. The summed E-state index contributed by atoms with van der Waals surface area (Å²) in [6.45, 7) is 0.969. The quantitative estimate of drug-likeness (QED) is 0.825. The highest BCUT2D eigenvalue weighted by atomic mass is 35.5. The summed E-state index contributed by atoms with van der Waals surface area (Å²) >= 11 is 5.83. The van der Waals surface area contributed by atoms with Gasteiger partial charge >= 0.3 is 0 Å². The van der Waals surface area contributed by atoms with Crippen molar-refractivity contribution in [3.63, 3.8) is 0 Å². The number of hydrogen-bond donors (Lipinski definition) is 1. The van der Waals surface area contributed by atoms with Crippen molar-refractivity contribution in [3.05, 3.63) is 29.3 Å². The van der Waals surface area contributed by atoms with Gasteiger partial charge < -0.3 is 14.7 Å². The molecule has 1 aromatic rings. The van der Waals surface area contributed by atoms with E-state index in [0.29, 0.717) is 36.8 Å². The molecule has 1 N–H and O–H groups in total. The SMILES string of the molecule is CN(CCOc1cccc(Cl)c1)C(=O)CCCO. The Bertz CT molecular complexity index is 384. The van der Waals surface area contributed by atoms with Crippen LogP contribution in [-0.2, 0) is 4.79 Å². The molecule has 0 fully saturated rings. The monoisotopic (exact) mass is 271 g/mol. The first-order chi connectivity index (χ1) is 8.63. The van der Waals surface area contributed by atoms with Crippen molar-refractivity contribution in [1.29, 1.82) is 0 Å². The van der Waals surface area contributed by atoms with Crippen LogP contribution >= 0.6 is 11.6 Å². The van der Waals surface area contributed by atoms with Crippen molar-refractivity contribution in [2.45, 2.75) is 12.8 Å². The molecule has 0 aromatic heterocycles. The van der Waals surface area contributed by atoms with Crippen LogP contribution in [0.4, 0.5) is 0 Å². The molecular weight excluding hydrogens is 254 g/mol. The fraction of sp³-hybridized carbons (Fsp3) is 0.462. The van der Waals surface area contributed by atoms with Gasteiger partial charge in [-0.05, 0) is 24.6 Å². The number of carbonyl (C=O) groups excluding carboxylic acids is 1. The molecule has 1 aromatic carbocycles. The Labute approximate surface area is 112 Å². The van der Waals surface area contributed by atoms with Crippen LogP contribution in [0, 0.1) is 0 Å². The number of amides is 1. The summed E-state index contributed by atoms with van der Waals surface area (Å²) in [5, 5.41) is 9.26. The minimum absolute atomic E-state index is 0.0127. The van der Waals surface area contributed by atoms with Gasteiger partial charge in [0.15, 0.2) is 0 Å². The van der Waals surface area contributed by atoms with E-state index in [1.807, 2.05) is 12.1 Å². The molecule has 100 valence electrons. The number of aliphatic hydroxyl groups excluding tert-OH is 1. The number of benzene rings is 1. The Morgan fingerprint density at radius 2 is 2.28 bits per heavy atom. The molecule has 0 unspecified atom stereocenters. The fourth-order valence-electron chi connectivity index (χ4n) is 1.40. The van der Waals surface area contributed by atoms with E-state index >= 15 is 0 Å². The van der Waals surface area contributed by atoms with Crippen LogP contribution in [0.3, 0.4) is 0 Å². The maximum absolute atomic E-state index is 11.5. The third-order valence-electron chi connectivity index (χ3n) is 2.47. The number of hydrogen-bond acceptors (Lipinski definition) is 3. The molecule has 0 heterocycles. The molecule has 0 aliphatic heterocycles. The van der Waals surface area contributed by atoms with Crippen LogP contribution in [0.1, 0.15) is 12.8 Å². The summed E-state index contributed by atoms with van der Waals surface area (Å²) in [7, 11) is 1.72. The van der Waals surface area contributed by atoms with E-state index in [2.05, 4.69) is 0 Å². The van der Waals surface area contributed by atoms with E-state index in [0.717, 1.165) is 0 Å². The molecule has 1 amide bonds. The maximum Gasteiger partial charge on any atom is 0.222 e. The normalized spacial score (nSPS) is 10.2. The molecule has 18 heavy (non-hydrogen) atoms. The summed E-state index contributed by atoms with van der Waals surface area (Å²) in [4.78, 5) is 13.1. The second-order valence-corrected chi connectivity index (χ2v) is 4.38. The summed E-state index contributed by atoms with van der Waals surface area (Å²) in [5.41, 5.74) is 0. The van der Waals surface area contributed by atoms with Gasteiger partial charge in [0.1, 0.15) is 12.4 Å². The molecule has 4 nitrogen and oxygen atoms in total. The van der Waals surface area contributed by atoms with Gasteiger partial charge in [-0.15, -0.1) is 0 Å². The first kappa shape index (κ1) is 14.8. The van der Waals surface area contributed by atoms with Crippen LogP contribution in [-0.4, -0.2) is 42.7 Å². The minimum Gasteiger partial charge on any atom is -0.492 e. The summed E-state index contributed by atoms with van der Waals surface area (Å²) in [6.07, 6.45) is 0.864. The first-order valence-corrected chi connectivity index (χ1v) is 6.24. The Morgan fingerprint density at radius 1 is 1.50 bits per heavy atom. The zero-order valence-electron chi connectivity index (χ0n) is 10.4. The third kappa shape index (κ3) is 5.38. The first-order valence-electron chi connectivity index (χ1n) is 5.86. The van der Waals surface area contributed by atoms with E-state index in [4.69, 9.17) is 21.4 Å². The van der Waals surface area contributed by atoms with Crippen LogP contribution in [0.25, 0.3) is 0 Å². The highest BCUT2D eigenvalue weighted by molar-refractivity contribution is 6.30. The van der Waals surface area contributed by atoms with Crippen LogP contribution in [0.15, 0.2) is 24.3 Å². The number of ether oxygens (including phenoxy) is 1. The van der Waals surface area contributed by atoms with Gasteiger partial charge in [-0.25, -0.2) is 0 Å². The average molecular weight is 272 g/mol. The zero-order chi connectivity index (χ0) is 13.4. The van der Waals surface area contributed by atoms with Crippen LogP contribution in [0.2, 0.25) is 5.02 Å². The number of nitrogens with zero attached hydrogens (tertiary/aromatic N) is 1. The van der Waals surface area contributed by atoms with E-state index in [9.17, 15) is 4.79 Å². The summed E-state index contributed by atoms with van der Waals surface area (Å²) < 4.78 is 5.48.